The Morgan fingerprint density at radius 2 is 1.94 bits per heavy atom. The molecule has 0 bridgehead atoms. The number of hydrogen-bond donors (Lipinski definition) is 1. The van der Waals surface area contributed by atoms with Crippen LogP contribution in [0.5, 0.6) is 0 Å². The van der Waals surface area contributed by atoms with Gasteiger partial charge in [0.1, 0.15) is 0 Å². The summed E-state index contributed by atoms with van der Waals surface area (Å²) in [6.07, 6.45) is 3.83. The molecule has 1 aromatic heterocycles. The number of amides is 1. The topological polar surface area (TPSA) is 71.6 Å². The molecule has 2 aliphatic rings. The molecule has 0 spiro atoms. The first kappa shape index (κ1) is 24.2. The zero-order chi connectivity index (χ0) is 24.0. The maximum atomic E-state index is 13.4. The Morgan fingerprint density at radius 3 is 2.58 bits per heavy atom. The van der Waals surface area contributed by atoms with E-state index in [0.29, 0.717) is 6.54 Å². The van der Waals surface area contributed by atoms with Crippen molar-refractivity contribution >= 4 is 44.2 Å². The van der Waals surface area contributed by atoms with Crippen molar-refractivity contribution in [1.29, 1.82) is 0 Å². The fourth-order valence-electron chi connectivity index (χ4n) is 5.38. The van der Waals surface area contributed by atoms with Gasteiger partial charge in [0.25, 0.3) is 0 Å². The Hall–Kier alpha value is -1.96. The summed E-state index contributed by atoms with van der Waals surface area (Å²) in [6.45, 7) is 10.3. The van der Waals surface area contributed by atoms with E-state index in [-0.39, 0.29) is 29.7 Å². The van der Waals surface area contributed by atoms with Crippen LogP contribution in [0.4, 0.5) is 0 Å². The average molecular weight is 515 g/mol. The van der Waals surface area contributed by atoms with Crippen molar-refractivity contribution in [2.45, 2.75) is 52.6 Å². The molecule has 1 aliphatic carbocycles. The van der Waals surface area contributed by atoms with Gasteiger partial charge >= 0.3 is 0 Å². The molecule has 4 rings (SSSR count). The molecule has 1 amide bonds. The molecule has 0 saturated heterocycles. The quantitative estimate of drug-likeness (QED) is 0.628. The number of hydrogen-bond acceptors (Lipinski definition) is 4. The Labute approximate surface area is 204 Å². The van der Waals surface area contributed by atoms with Crippen LogP contribution in [0.3, 0.4) is 0 Å². The van der Waals surface area contributed by atoms with Crippen molar-refractivity contribution in [1.82, 2.24) is 14.4 Å². The number of carbonyl (C=O) groups excluding carboxylic acids is 2. The standard InChI is InChI=1S/C26H35BrN4O2/c1-6-15(4)23(28)26(33)31-20-11-9-10-17-18-12-16(25(32)30(7-2)8-3)14-29(5)21(18)13-19(22(17)20)24(31)27/h9-12,15-16,21,23H,6-8,13-14,28H2,1-5H3/t15?,16-,21-,23+/m1/s1. The van der Waals surface area contributed by atoms with Gasteiger partial charge in [-0.15, -0.1) is 0 Å². The second-order valence-corrected chi connectivity index (χ2v) is 10.2. The van der Waals surface area contributed by atoms with Gasteiger partial charge in [-0.25, -0.2) is 0 Å². The van der Waals surface area contributed by atoms with Crippen LogP contribution in [0.15, 0.2) is 28.9 Å². The highest BCUT2D eigenvalue weighted by molar-refractivity contribution is 9.10. The van der Waals surface area contributed by atoms with Gasteiger partial charge in [-0.1, -0.05) is 38.5 Å². The molecule has 0 radical (unpaired) electrons. The minimum atomic E-state index is -0.556. The van der Waals surface area contributed by atoms with Crippen LogP contribution in [0, 0.1) is 11.8 Å². The van der Waals surface area contributed by atoms with Crippen LogP contribution in [0.2, 0.25) is 0 Å². The van der Waals surface area contributed by atoms with Gasteiger partial charge in [0, 0.05) is 31.1 Å². The normalized spacial score (nSPS) is 22.0. The van der Waals surface area contributed by atoms with Gasteiger partial charge in [0.15, 0.2) is 0 Å². The van der Waals surface area contributed by atoms with Crippen molar-refractivity contribution in [3.63, 3.8) is 0 Å². The number of likely N-dealkylation sites (N-methyl/N-ethyl adjacent to an activating group) is 1. The predicted molar refractivity (Wildman–Crippen MR) is 137 cm³/mol. The molecule has 33 heavy (non-hydrogen) atoms. The van der Waals surface area contributed by atoms with E-state index in [0.717, 1.165) is 52.6 Å². The predicted octanol–water partition coefficient (Wildman–Crippen LogP) is 4.16. The molecule has 0 fully saturated rings. The van der Waals surface area contributed by atoms with Crippen LogP contribution in [-0.2, 0) is 11.2 Å². The fraction of sp³-hybridized carbons (Fsp3) is 0.538. The van der Waals surface area contributed by atoms with E-state index in [1.165, 1.54) is 5.57 Å². The lowest BCUT2D eigenvalue weighted by molar-refractivity contribution is -0.134. The van der Waals surface area contributed by atoms with Crippen molar-refractivity contribution in [2.24, 2.45) is 17.6 Å². The summed E-state index contributed by atoms with van der Waals surface area (Å²) in [5, 5.41) is 1.10. The molecular weight excluding hydrogens is 480 g/mol. The molecule has 7 heteroatoms. The van der Waals surface area contributed by atoms with Crippen LogP contribution >= 0.6 is 15.9 Å². The first-order valence-corrected chi connectivity index (χ1v) is 12.9. The molecule has 2 N–H and O–H groups in total. The molecule has 1 aliphatic heterocycles. The van der Waals surface area contributed by atoms with Crippen molar-refractivity contribution in [3.8, 4) is 0 Å². The van der Waals surface area contributed by atoms with Crippen LogP contribution < -0.4 is 5.73 Å². The molecule has 1 unspecified atom stereocenters. The van der Waals surface area contributed by atoms with Crippen LogP contribution in [0.1, 0.15) is 50.0 Å². The number of nitrogens with two attached hydrogens (primary N) is 1. The molecule has 1 aromatic carbocycles. The van der Waals surface area contributed by atoms with Gasteiger partial charge in [-0.2, -0.15) is 0 Å². The van der Waals surface area contributed by atoms with Gasteiger partial charge < -0.3 is 10.6 Å². The SMILES string of the molecule is CCC(C)[C@H](N)C(=O)n1c(Br)c2c3c(cccc31)C1=C[C@@H](C(=O)N(CC)CC)CN(C)[C@@H]1C2. The number of aromatic nitrogens is 1. The Kier molecular flexibility index (Phi) is 6.85. The first-order valence-electron chi connectivity index (χ1n) is 12.1. The van der Waals surface area contributed by atoms with E-state index >= 15 is 0 Å². The Bertz CT molecular complexity index is 1120. The number of rotatable bonds is 6. The third kappa shape index (κ3) is 3.88. The summed E-state index contributed by atoms with van der Waals surface area (Å²) in [4.78, 5) is 30.8. The summed E-state index contributed by atoms with van der Waals surface area (Å²) < 4.78 is 2.57. The molecule has 178 valence electrons. The molecule has 2 heterocycles. The van der Waals surface area contributed by atoms with E-state index < -0.39 is 6.04 Å². The first-order chi connectivity index (χ1) is 15.7. The number of nitrogens with zero attached hydrogens (tertiary/aromatic N) is 3. The molecular formula is C26H35BrN4O2. The second kappa shape index (κ2) is 9.35. The Morgan fingerprint density at radius 1 is 1.24 bits per heavy atom. The minimum absolute atomic E-state index is 0.0774. The molecule has 4 atom stereocenters. The van der Waals surface area contributed by atoms with E-state index in [1.54, 1.807) is 4.57 Å². The zero-order valence-electron chi connectivity index (χ0n) is 20.3. The second-order valence-electron chi connectivity index (χ2n) is 9.45. The summed E-state index contributed by atoms with van der Waals surface area (Å²) in [7, 11) is 2.10. The van der Waals surface area contributed by atoms with E-state index in [4.69, 9.17) is 5.73 Å². The summed E-state index contributed by atoms with van der Waals surface area (Å²) in [5.41, 5.74) is 10.7. The van der Waals surface area contributed by atoms with Crippen molar-refractivity contribution < 1.29 is 9.59 Å². The number of fused-ring (bicyclic) bond motifs is 2. The largest absolute Gasteiger partial charge is 0.343 e. The van der Waals surface area contributed by atoms with Crippen molar-refractivity contribution in [3.05, 3.63) is 40.0 Å². The third-order valence-electron chi connectivity index (χ3n) is 7.65. The number of benzene rings is 1. The van der Waals surface area contributed by atoms with Gasteiger partial charge in [-0.3, -0.25) is 19.1 Å². The highest BCUT2D eigenvalue weighted by atomic mass is 79.9. The smallest absolute Gasteiger partial charge is 0.249 e. The maximum Gasteiger partial charge on any atom is 0.249 e. The number of halogens is 1. The van der Waals surface area contributed by atoms with Crippen LogP contribution in [0.25, 0.3) is 16.5 Å². The van der Waals surface area contributed by atoms with E-state index in [9.17, 15) is 9.59 Å². The van der Waals surface area contributed by atoms with Crippen LogP contribution in [-0.4, -0.2) is 64.9 Å². The molecule has 6 nitrogen and oxygen atoms in total. The fourth-order valence-corrected chi connectivity index (χ4v) is 6.11. The summed E-state index contributed by atoms with van der Waals surface area (Å²) in [5.74, 6) is 0.0430. The molecule has 2 aromatic rings. The molecule has 0 saturated carbocycles. The lowest BCUT2D eigenvalue weighted by Gasteiger charge is -2.40. The number of carbonyl (C=O) groups is 2. The highest BCUT2D eigenvalue weighted by Gasteiger charge is 2.39. The summed E-state index contributed by atoms with van der Waals surface area (Å²) >= 11 is 3.76. The average Bonchev–Trinajstić information content (AvgIpc) is 3.11. The third-order valence-corrected chi connectivity index (χ3v) is 8.48. The van der Waals surface area contributed by atoms with Gasteiger partial charge in [0.05, 0.1) is 22.1 Å². The van der Waals surface area contributed by atoms with Gasteiger partial charge in [0.2, 0.25) is 11.8 Å². The van der Waals surface area contributed by atoms with E-state index in [2.05, 4.69) is 46.9 Å². The Balaban J connectivity index is 1.85. The van der Waals surface area contributed by atoms with E-state index in [1.807, 2.05) is 37.8 Å². The maximum absolute atomic E-state index is 13.4. The highest BCUT2D eigenvalue weighted by Crippen LogP contribution is 2.45. The lowest BCUT2D eigenvalue weighted by atomic mass is 9.79. The van der Waals surface area contributed by atoms with Gasteiger partial charge in [-0.05, 0) is 71.9 Å². The zero-order valence-corrected chi connectivity index (χ0v) is 21.9. The minimum Gasteiger partial charge on any atom is -0.343 e. The summed E-state index contributed by atoms with van der Waals surface area (Å²) in [6, 6.07) is 5.75. The monoisotopic (exact) mass is 514 g/mol. The van der Waals surface area contributed by atoms with Crippen molar-refractivity contribution in [2.75, 3.05) is 26.7 Å². The lowest BCUT2D eigenvalue weighted by Crippen LogP contribution is -2.47.